The predicted octanol–water partition coefficient (Wildman–Crippen LogP) is 4.51. The maximum absolute atomic E-state index is 12.4. The summed E-state index contributed by atoms with van der Waals surface area (Å²) in [6.07, 6.45) is 6.48. The fourth-order valence-electron chi connectivity index (χ4n) is 2.02. The molecule has 0 spiro atoms. The van der Waals surface area contributed by atoms with Crippen LogP contribution in [-0.4, -0.2) is 18.5 Å². The smallest absolute Gasteiger partial charge is 0.355 e. The summed E-state index contributed by atoms with van der Waals surface area (Å²) in [5.41, 5.74) is 1.44. The Bertz CT molecular complexity index is 841. The highest BCUT2D eigenvalue weighted by molar-refractivity contribution is 9.10. The molecular formula is C21H18BrNO3. The molecule has 4 nitrogen and oxygen atoms in total. The fraction of sp³-hybridized carbons (Fsp3) is 0.0476. The lowest BCUT2D eigenvalue weighted by molar-refractivity contribution is -0.138. The van der Waals surface area contributed by atoms with Gasteiger partial charge in [-0.2, -0.15) is 0 Å². The molecule has 0 aromatic heterocycles. The zero-order chi connectivity index (χ0) is 18.8. The van der Waals surface area contributed by atoms with Gasteiger partial charge in [0.1, 0.15) is 12.3 Å². The van der Waals surface area contributed by atoms with Gasteiger partial charge in [-0.05, 0) is 29.8 Å². The SMILES string of the molecule is C=CCOC(=O)/C(=C\C=C\c1ccccc1)NC(=O)c1cccc(Br)c1. The van der Waals surface area contributed by atoms with Gasteiger partial charge in [0.15, 0.2) is 0 Å². The minimum atomic E-state index is -0.633. The van der Waals surface area contributed by atoms with Gasteiger partial charge in [-0.1, -0.05) is 77.1 Å². The molecule has 0 atom stereocenters. The van der Waals surface area contributed by atoms with E-state index in [4.69, 9.17) is 4.74 Å². The molecule has 26 heavy (non-hydrogen) atoms. The van der Waals surface area contributed by atoms with Crippen LogP contribution in [0.2, 0.25) is 0 Å². The third-order valence-corrected chi connectivity index (χ3v) is 3.73. The third-order valence-electron chi connectivity index (χ3n) is 3.24. The van der Waals surface area contributed by atoms with E-state index >= 15 is 0 Å². The first kappa shape index (κ1) is 19.4. The van der Waals surface area contributed by atoms with Gasteiger partial charge in [0.2, 0.25) is 0 Å². The second-order valence-electron chi connectivity index (χ2n) is 5.20. The Morgan fingerprint density at radius 2 is 1.88 bits per heavy atom. The summed E-state index contributed by atoms with van der Waals surface area (Å²) in [5, 5.41) is 2.60. The number of hydrogen-bond donors (Lipinski definition) is 1. The van der Waals surface area contributed by atoms with Gasteiger partial charge in [0, 0.05) is 10.0 Å². The van der Waals surface area contributed by atoms with E-state index in [9.17, 15) is 9.59 Å². The van der Waals surface area contributed by atoms with Gasteiger partial charge in [-0.15, -0.1) is 0 Å². The van der Waals surface area contributed by atoms with Crippen molar-refractivity contribution < 1.29 is 14.3 Å². The lowest BCUT2D eigenvalue weighted by Crippen LogP contribution is -2.28. The van der Waals surface area contributed by atoms with Crippen LogP contribution in [0.5, 0.6) is 0 Å². The highest BCUT2D eigenvalue weighted by atomic mass is 79.9. The molecule has 2 aromatic carbocycles. The highest BCUT2D eigenvalue weighted by Crippen LogP contribution is 2.12. The van der Waals surface area contributed by atoms with Gasteiger partial charge in [-0.3, -0.25) is 4.79 Å². The number of benzene rings is 2. The third kappa shape index (κ3) is 6.18. The Hall–Kier alpha value is -2.92. The standard InChI is InChI=1S/C21H18BrNO3/c1-2-14-26-21(25)19(13-6-10-16-8-4-3-5-9-16)23-20(24)17-11-7-12-18(22)15-17/h2-13,15H,1,14H2,(H,23,24)/b10-6+,19-13+. The van der Waals surface area contributed by atoms with Gasteiger partial charge >= 0.3 is 5.97 Å². The topological polar surface area (TPSA) is 55.4 Å². The second kappa shape index (κ2) is 10.2. The number of amides is 1. The van der Waals surface area contributed by atoms with Gasteiger partial charge in [0.05, 0.1) is 0 Å². The Balaban J connectivity index is 2.18. The Morgan fingerprint density at radius 1 is 1.12 bits per heavy atom. The number of esters is 1. The fourth-order valence-corrected chi connectivity index (χ4v) is 2.42. The molecule has 0 aliphatic rings. The van der Waals surface area contributed by atoms with Gasteiger partial charge in [0.25, 0.3) is 5.91 Å². The van der Waals surface area contributed by atoms with Crippen molar-refractivity contribution in [3.63, 3.8) is 0 Å². The average molecular weight is 412 g/mol. The summed E-state index contributed by atoms with van der Waals surface area (Å²) in [6.45, 7) is 3.57. The van der Waals surface area contributed by atoms with Crippen LogP contribution in [-0.2, 0) is 9.53 Å². The van der Waals surface area contributed by atoms with Crippen LogP contribution in [0.25, 0.3) is 6.08 Å². The molecule has 0 saturated heterocycles. The zero-order valence-corrected chi connectivity index (χ0v) is 15.6. The molecule has 0 aliphatic heterocycles. The van der Waals surface area contributed by atoms with E-state index < -0.39 is 11.9 Å². The van der Waals surface area contributed by atoms with E-state index in [1.165, 1.54) is 12.2 Å². The maximum Gasteiger partial charge on any atom is 0.355 e. The molecule has 1 N–H and O–H groups in total. The number of carbonyl (C=O) groups is 2. The van der Waals surface area contributed by atoms with Crippen LogP contribution >= 0.6 is 15.9 Å². The van der Waals surface area contributed by atoms with Crippen molar-refractivity contribution in [3.8, 4) is 0 Å². The minimum Gasteiger partial charge on any atom is -0.457 e. The Labute approximate surface area is 161 Å². The number of carbonyl (C=O) groups excluding carboxylic acids is 2. The van der Waals surface area contributed by atoms with Crippen LogP contribution in [0.15, 0.2) is 89.6 Å². The lowest BCUT2D eigenvalue weighted by Gasteiger charge is -2.09. The zero-order valence-electron chi connectivity index (χ0n) is 14.0. The number of ether oxygens (including phenoxy) is 1. The molecule has 0 aliphatic carbocycles. The van der Waals surface area contributed by atoms with Crippen LogP contribution in [0.3, 0.4) is 0 Å². The predicted molar refractivity (Wildman–Crippen MR) is 106 cm³/mol. The van der Waals surface area contributed by atoms with Gasteiger partial charge < -0.3 is 10.1 Å². The first-order valence-electron chi connectivity index (χ1n) is 7.88. The summed E-state index contributed by atoms with van der Waals surface area (Å²) < 4.78 is 5.81. The average Bonchev–Trinajstić information content (AvgIpc) is 2.66. The van der Waals surface area contributed by atoms with Gasteiger partial charge in [-0.25, -0.2) is 4.79 Å². The first-order chi connectivity index (χ1) is 12.6. The van der Waals surface area contributed by atoms with Crippen molar-refractivity contribution >= 4 is 33.9 Å². The Kier molecular flexibility index (Phi) is 7.58. The summed E-state index contributed by atoms with van der Waals surface area (Å²) in [7, 11) is 0. The van der Waals surface area contributed by atoms with Crippen molar-refractivity contribution in [1.82, 2.24) is 5.32 Å². The summed E-state index contributed by atoms with van der Waals surface area (Å²) in [4.78, 5) is 24.6. The monoisotopic (exact) mass is 411 g/mol. The number of allylic oxidation sites excluding steroid dienone is 2. The van der Waals surface area contributed by atoms with Crippen LogP contribution < -0.4 is 5.32 Å². The molecular weight excluding hydrogens is 394 g/mol. The van der Waals surface area contributed by atoms with Crippen LogP contribution in [0, 0.1) is 0 Å². The van der Waals surface area contributed by atoms with Crippen LogP contribution in [0.4, 0.5) is 0 Å². The first-order valence-corrected chi connectivity index (χ1v) is 8.68. The van der Waals surface area contributed by atoms with E-state index in [0.717, 1.165) is 10.0 Å². The summed E-state index contributed by atoms with van der Waals surface area (Å²) in [6, 6.07) is 16.5. The summed E-state index contributed by atoms with van der Waals surface area (Å²) >= 11 is 3.32. The van der Waals surface area contributed by atoms with E-state index in [2.05, 4.69) is 27.8 Å². The number of rotatable bonds is 7. The molecule has 0 fully saturated rings. The second-order valence-corrected chi connectivity index (χ2v) is 6.12. The van der Waals surface area contributed by atoms with E-state index in [1.54, 1.807) is 24.3 Å². The number of hydrogen-bond acceptors (Lipinski definition) is 3. The minimum absolute atomic E-state index is 0.0454. The van der Waals surface area contributed by atoms with E-state index in [0.29, 0.717) is 5.56 Å². The molecule has 0 radical (unpaired) electrons. The number of halogens is 1. The highest BCUT2D eigenvalue weighted by Gasteiger charge is 2.15. The normalized spacial score (nSPS) is 11.2. The molecule has 5 heteroatoms. The number of nitrogens with one attached hydrogen (secondary N) is 1. The molecule has 1 amide bonds. The van der Waals surface area contributed by atoms with Crippen molar-refractivity contribution in [2.24, 2.45) is 0 Å². The molecule has 132 valence electrons. The van der Waals surface area contributed by atoms with Crippen molar-refractivity contribution in [1.29, 1.82) is 0 Å². The molecule has 0 bridgehead atoms. The molecule has 2 rings (SSSR count). The molecule has 0 saturated carbocycles. The quantitative estimate of drug-likeness (QED) is 0.315. The lowest BCUT2D eigenvalue weighted by atomic mass is 10.2. The van der Waals surface area contributed by atoms with E-state index in [-0.39, 0.29) is 12.3 Å². The van der Waals surface area contributed by atoms with Crippen LogP contribution in [0.1, 0.15) is 15.9 Å². The van der Waals surface area contributed by atoms with Crippen molar-refractivity contribution in [3.05, 3.63) is 101 Å². The Morgan fingerprint density at radius 3 is 2.58 bits per heavy atom. The molecule has 0 heterocycles. The van der Waals surface area contributed by atoms with E-state index in [1.807, 2.05) is 42.5 Å². The van der Waals surface area contributed by atoms with Crippen molar-refractivity contribution in [2.75, 3.05) is 6.61 Å². The molecule has 2 aromatic rings. The largest absolute Gasteiger partial charge is 0.457 e. The molecule has 0 unspecified atom stereocenters. The maximum atomic E-state index is 12.4. The summed E-state index contributed by atoms with van der Waals surface area (Å²) in [5.74, 6) is -1.04. The van der Waals surface area contributed by atoms with Crippen molar-refractivity contribution in [2.45, 2.75) is 0 Å².